The van der Waals surface area contributed by atoms with Gasteiger partial charge in [0.2, 0.25) is 0 Å². The van der Waals surface area contributed by atoms with Gasteiger partial charge in [-0.25, -0.2) is 9.97 Å². The number of anilines is 2. The van der Waals surface area contributed by atoms with Crippen molar-refractivity contribution in [2.75, 3.05) is 5.32 Å². The van der Waals surface area contributed by atoms with Crippen LogP contribution in [0.3, 0.4) is 0 Å². The van der Waals surface area contributed by atoms with Crippen LogP contribution < -0.4 is 5.32 Å². The summed E-state index contributed by atoms with van der Waals surface area (Å²) in [5.74, 6) is 0.799. The maximum absolute atomic E-state index is 4.55. The number of pyridine rings is 1. The molecule has 0 saturated carbocycles. The minimum Gasteiger partial charge on any atom is -0.340 e. The molecule has 0 amide bonds. The van der Waals surface area contributed by atoms with E-state index in [-0.39, 0.29) is 0 Å². The number of thiophene rings is 1. The summed E-state index contributed by atoms with van der Waals surface area (Å²) < 4.78 is 3.14. The average Bonchev–Trinajstić information content (AvgIpc) is 3.40. The van der Waals surface area contributed by atoms with E-state index in [2.05, 4.69) is 68.3 Å². The van der Waals surface area contributed by atoms with Gasteiger partial charge >= 0.3 is 0 Å². The molecule has 0 bridgehead atoms. The number of nitrogens with zero attached hydrogens (tertiary/aromatic N) is 5. The van der Waals surface area contributed by atoms with Gasteiger partial charge in [-0.2, -0.15) is 5.10 Å². The van der Waals surface area contributed by atoms with E-state index in [0.29, 0.717) is 6.54 Å². The van der Waals surface area contributed by atoms with E-state index < -0.39 is 0 Å². The number of fused-ring (bicyclic) bond motifs is 4. The van der Waals surface area contributed by atoms with Crippen molar-refractivity contribution in [2.24, 2.45) is 0 Å². The van der Waals surface area contributed by atoms with Crippen molar-refractivity contribution in [3.05, 3.63) is 91.2 Å². The van der Waals surface area contributed by atoms with Gasteiger partial charge in [-0.1, -0.05) is 30.9 Å². The van der Waals surface area contributed by atoms with E-state index in [4.69, 9.17) is 0 Å². The zero-order chi connectivity index (χ0) is 21.5. The molecule has 0 aliphatic carbocycles. The standard InChI is InChI=1S/C25H18N6S/c1-2-16-6-8-20-22(11-16)32-25-23(20)24(27-15-28-25)30-18-7-9-21-17(12-18)13-29-31(21)14-19-5-3-4-10-26-19/h2-13,15H,1,14H2,(H,27,28,30). The zero-order valence-corrected chi connectivity index (χ0v) is 17.9. The molecule has 0 unspecified atom stereocenters. The maximum Gasteiger partial charge on any atom is 0.143 e. The number of aromatic nitrogens is 5. The minimum absolute atomic E-state index is 0.636. The summed E-state index contributed by atoms with van der Waals surface area (Å²) in [6, 6.07) is 18.5. The Morgan fingerprint density at radius 3 is 2.88 bits per heavy atom. The third-order valence-corrected chi connectivity index (χ3v) is 6.53. The second-order valence-electron chi connectivity index (χ2n) is 7.49. The van der Waals surface area contributed by atoms with Crippen LogP contribution in [0.5, 0.6) is 0 Å². The van der Waals surface area contributed by atoms with Gasteiger partial charge in [0.05, 0.1) is 29.3 Å². The quantitative estimate of drug-likeness (QED) is 0.359. The van der Waals surface area contributed by atoms with Crippen molar-refractivity contribution in [3.63, 3.8) is 0 Å². The lowest BCUT2D eigenvalue weighted by atomic mass is 10.1. The molecule has 0 fully saturated rings. The van der Waals surface area contributed by atoms with Gasteiger partial charge in [0.15, 0.2) is 0 Å². The summed E-state index contributed by atoms with van der Waals surface area (Å²) in [4.78, 5) is 14.4. The van der Waals surface area contributed by atoms with Gasteiger partial charge < -0.3 is 5.32 Å². The molecule has 0 radical (unpaired) electrons. The van der Waals surface area contributed by atoms with Gasteiger partial charge in [0.1, 0.15) is 17.0 Å². The molecule has 0 aliphatic heterocycles. The summed E-state index contributed by atoms with van der Waals surface area (Å²) in [5, 5.41) is 11.3. The van der Waals surface area contributed by atoms with E-state index in [1.165, 1.54) is 4.70 Å². The average molecular weight is 435 g/mol. The number of nitrogens with one attached hydrogen (secondary N) is 1. The molecular weight excluding hydrogens is 416 g/mol. The Labute approximate surface area is 187 Å². The van der Waals surface area contributed by atoms with Crippen molar-refractivity contribution < 1.29 is 0 Å². The second-order valence-corrected chi connectivity index (χ2v) is 8.52. The van der Waals surface area contributed by atoms with Crippen LogP contribution in [0, 0.1) is 0 Å². The molecular formula is C25H18N6S. The lowest BCUT2D eigenvalue weighted by molar-refractivity contribution is 0.696. The number of hydrogen-bond acceptors (Lipinski definition) is 6. The maximum atomic E-state index is 4.55. The Morgan fingerprint density at radius 1 is 1.03 bits per heavy atom. The van der Waals surface area contributed by atoms with Crippen molar-refractivity contribution in [3.8, 4) is 0 Å². The van der Waals surface area contributed by atoms with Crippen LogP contribution in [-0.2, 0) is 6.54 Å². The van der Waals surface area contributed by atoms with Crippen LogP contribution in [0.4, 0.5) is 11.5 Å². The predicted octanol–water partition coefficient (Wildman–Crippen LogP) is 6.02. The molecule has 0 saturated heterocycles. The monoisotopic (exact) mass is 434 g/mol. The fourth-order valence-corrected chi connectivity index (χ4v) is 5.01. The molecule has 154 valence electrons. The fourth-order valence-electron chi connectivity index (χ4n) is 3.92. The zero-order valence-electron chi connectivity index (χ0n) is 17.1. The topological polar surface area (TPSA) is 68.5 Å². The van der Waals surface area contributed by atoms with Gasteiger partial charge in [0, 0.05) is 27.4 Å². The molecule has 0 aliphatic rings. The van der Waals surface area contributed by atoms with Crippen LogP contribution in [0.25, 0.3) is 37.3 Å². The Hall–Kier alpha value is -4.10. The largest absolute Gasteiger partial charge is 0.340 e. The molecule has 4 heterocycles. The van der Waals surface area contributed by atoms with E-state index in [1.807, 2.05) is 35.2 Å². The normalized spacial score (nSPS) is 11.4. The Bertz CT molecular complexity index is 1600. The van der Waals surface area contributed by atoms with Crippen molar-refractivity contribution in [1.29, 1.82) is 0 Å². The summed E-state index contributed by atoms with van der Waals surface area (Å²) in [6.45, 7) is 4.51. The molecule has 1 N–H and O–H groups in total. The van der Waals surface area contributed by atoms with Crippen LogP contribution in [0.1, 0.15) is 11.3 Å². The highest BCUT2D eigenvalue weighted by molar-refractivity contribution is 7.25. The van der Waals surface area contributed by atoms with Crippen LogP contribution >= 0.6 is 11.3 Å². The third kappa shape index (κ3) is 3.19. The lowest BCUT2D eigenvalue weighted by Gasteiger charge is -2.08. The summed E-state index contributed by atoms with van der Waals surface area (Å²) >= 11 is 1.66. The lowest BCUT2D eigenvalue weighted by Crippen LogP contribution is -2.02. The van der Waals surface area contributed by atoms with Crippen molar-refractivity contribution in [1.82, 2.24) is 24.7 Å². The Kier molecular flexibility index (Phi) is 4.40. The number of rotatable bonds is 5. The predicted molar refractivity (Wildman–Crippen MR) is 131 cm³/mol. The van der Waals surface area contributed by atoms with Gasteiger partial charge in [0.25, 0.3) is 0 Å². The second kappa shape index (κ2) is 7.55. The van der Waals surface area contributed by atoms with Gasteiger partial charge in [-0.05, 0) is 42.0 Å². The van der Waals surface area contributed by atoms with Crippen LogP contribution in [0.15, 0.2) is 79.9 Å². The molecule has 0 spiro atoms. The smallest absolute Gasteiger partial charge is 0.143 e. The minimum atomic E-state index is 0.636. The molecule has 6 aromatic rings. The van der Waals surface area contributed by atoms with E-state index in [9.17, 15) is 0 Å². The molecule has 6 rings (SSSR count). The van der Waals surface area contributed by atoms with E-state index >= 15 is 0 Å². The van der Waals surface area contributed by atoms with Crippen LogP contribution in [0.2, 0.25) is 0 Å². The highest BCUT2D eigenvalue weighted by atomic mass is 32.1. The first-order valence-corrected chi connectivity index (χ1v) is 11.0. The Morgan fingerprint density at radius 2 is 2.00 bits per heavy atom. The number of benzene rings is 2. The first kappa shape index (κ1) is 18.7. The summed E-state index contributed by atoms with van der Waals surface area (Å²) in [5.41, 5.74) is 4.09. The Balaban J connectivity index is 1.37. The molecule has 7 heteroatoms. The van der Waals surface area contributed by atoms with Gasteiger partial charge in [-0.15, -0.1) is 11.3 Å². The van der Waals surface area contributed by atoms with E-state index in [0.717, 1.165) is 49.3 Å². The van der Waals surface area contributed by atoms with Gasteiger partial charge in [-0.3, -0.25) is 9.67 Å². The molecule has 6 nitrogen and oxygen atoms in total. The summed E-state index contributed by atoms with van der Waals surface area (Å²) in [6.07, 6.45) is 7.16. The van der Waals surface area contributed by atoms with Crippen LogP contribution in [-0.4, -0.2) is 24.7 Å². The highest BCUT2D eigenvalue weighted by Gasteiger charge is 2.13. The fraction of sp³-hybridized carbons (Fsp3) is 0.0400. The number of hydrogen-bond donors (Lipinski definition) is 1. The van der Waals surface area contributed by atoms with E-state index in [1.54, 1.807) is 23.9 Å². The first-order chi connectivity index (χ1) is 15.8. The summed E-state index contributed by atoms with van der Waals surface area (Å²) in [7, 11) is 0. The molecule has 0 atom stereocenters. The molecule has 2 aromatic carbocycles. The molecule has 32 heavy (non-hydrogen) atoms. The molecule has 4 aromatic heterocycles. The highest BCUT2D eigenvalue weighted by Crippen LogP contribution is 2.37. The first-order valence-electron chi connectivity index (χ1n) is 10.2. The van der Waals surface area contributed by atoms with Crippen molar-refractivity contribution in [2.45, 2.75) is 6.54 Å². The SMILES string of the molecule is C=Cc1ccc2c(c1)sc1ncnc(Nc3ccc4c(cnn4Cc4ccccn4)c3)c12. The van der Waals surface area contributed by atoms with Crippen molar-refractivity contribution >= 4 is 60.1 Å². The third-order valence-electron chi connectivity index (χ3n) is 5.47.